The third kappa shape index (κ3) is 3.33. The minimum absolute atomic E-state index is 0.282. The Balaban J connectivity index is 1.72. The van der Waals surface area contributed by atoms with Gasteiger partial charge in [0.25, 0.3) is 0 Å². The average Bonchev–Trinajstić information content (AvgIpc) is 2.88. The van der Waals surface area contributed by atoms with E-state index in [-0.39, 0.29) is 6.10 Å². The monoisotopic (exact) mass is 324 g/mol. The van der Waals surface area contributed by atoms with E-state index in [1.165, 1.54) is 11.1 Å². The Morgan fingerprint density at radius 2 is 2.19 bits per heavy atom. The zero-order valence-electron chi connectivity index (χ0n) is 11.5. The van der Waals surface area contributed by atoms with Crippen LogP contribution in [0.4, 0.5) is 0 Å². The first-order chi connectivity index (χ1) is 10.3. The van der Waals surface area contributed by atoms with Crippen LogP contribution in [0.2, 0.25) is 5.02 Å². The number of nitrogen functional groups attached to an aromatic ring is 1. The highest BCUT2D eigenvalue weighted by Crippen LogP contribution is 2.28. The molecule has 7 heteroatoms. The molecule has 0 amide bonds. The lowest BCUT2D eigenvalue weighted by molar-refractivity contribution is 0.0315. The fraction of sp³-hybridized carbons (Fsp3) is 0.429. The van der Waals surface area contributed by atoms with Crippen LogP contribution in [0.15, 0.2) is 29.4 Å². The van der Waals surface area contributed by atoms with Crippen molar-refractivity contribution >= 4 is 23.4 Å². The fourth-order valence-corrected chi connectivity index (χ4v) is 3.45. The molecule has 0 spiro atoms. The Morgan fingerprint density at radius 3 is 2.95 bits per heavy atom. The first-order valence-corrected chi connectivity index (χ1v) is 8.32. The van der Waals surface area contributed by atoms with Crippen molar-refractivity contribution in [1.29, 1.82) is 0 Å². The Bertz CT molecular complexity index is 613. The lowest BCUT2D eigenvalue weighted by atomic mass is 10.1. The van der Waals surface area contributed by atoms with Crippen LogP contribution < -0.4 is 5.84 Å². The van der Waals surface area contributed by atoms with E-state index in [1.807, 2.05) is 24.3 Å². The quantitative estimate of drug-likeness (QED) is 0.692. The maximum atomic E-state index is 6.18. The van der Waals surface area contributed by atoms with Crippen LogP contribution >= 0.6 is 23.4 Å². The second-order valence-corrected chi connectivity index (χ2v) is 6.35. The van der Waals surface area contributed by atoms with Gasteiger partial charge < -0.3 is 10.6 Å². The van der Waals surface area contributed by atoms with Gasteiger partial charge in [0.15, 0.2) is 5.82 Å². The summed E-state index contributed by atoms with van der Waals surface area (Å²) in [5.41, 5.74) is 0.787. The molecule has 1 aromatic heterocycles. The van der Waals surface area contributed by atoms with E-state index >= 15 is 0 Å². The summed E-state index contributed by atoms with van der Waals surface area (Å²) in [6.07, 6.45) is 3.77. The second-order valence-electron chi connectivity index (χ2n) is 4.96. The van der Waals surface area contributed by atoms with Gasteiger partial charge >= 0.3 is 0 Å². The number of rotatable bonds is 4. The summed E-state index contributed by atoms with van der Waals surface area (Å²) in [5, 5.41) is 9.60. The second kappa shape index (κ2) is 6.68. The molecule has 3 rings (SSSR count). The molecule has 2 N–H and O–H groups in total. The van der Waals surface area contributed by atoms with Gasteiger partial charge in [-0.1, -0.05) is 35.5 Å². The van der Waals surface area contributed by atoms with Crippen LogP contribution in [0.1, 0.15) is 19.3 Å². The fourth-order valence-electron chi connectivity index (χ4n) is 2.31. The number of halogens is 1. The number of ether oxygens (including phenoxy) is 1. The summed E-state index contributed by atoms with van der Waals surface area (Å²) in [6, 6.07) is 7.47. The topological polar surface area (TPSA) is 66.0 Å². The highest BCUT2D eigenvalue weighted by molar-refractivity contribution is 7.99. The van der Waals surface area contributed by atoms with Gasteiger partial charge in [-0.15, -0.1) is 10.2 Å². The van der Waals surface area contributed by atoms with Gasteiger partial charge in [0.05, 0.1) is 11.1 Å². The average molecular weight is 325 g/mol. The summed E-state index contributed by atoms with van der Waals surface area (Å²) in [5.74, 6) is 7.51. The van der Waals surface area contributed by atoms with E-state index in [4.69, 9.17) is 22.2 Å². The van der Waals surface area contributed by atoms with Crippen molar-refractivity contribution in [2.45, 2.75) is 30.5 Å². The zero-order chi connectivity index (χ0) is 14.7. The molecule has 1 aromatic carbocycles. The summed E-state index contributed by atoms with van der Waals surface area (Å²) >= 11 is 7.75. The molecule has 0 aliphatic carbocycles. The minimum atomic E-state index is 0.282. The van der Waals surface area contributed by atoms with E-state index in [0.29, 0.717) is 16.0 Å². The maximum absolute atomic E-state index is 6.18. The molecule has 0 saturated carbocycles. The molecular formula is C14H17ClN4OS. The molecule has 1 aliphatic rings. The largest absolute Gasteiger partial charge is 0.377 e. The molecule has 5 nitrogen and oxygen atoms in total. The van der Waals surface area contributed by atoms with Crippen LogP contribution in [0, 0.1) is 0 Å². The van der Waals surface area contributed by atoms with Crippen LogP contribution in [0.25, 0.3) is 11.4 Å². The van der Waals surface area contributed by atoms with Crippen molar-refractivity contribution in [3.05, 3.63) is 29.3 Å². The number of benzene rings is 1. The number of thioether (sulfide) groups is 1. The zero-order valence-corrected chi connectivity index (χ0v) is 13.1. The van der Waals surface area contributed by atoms with Crippen LogP contribution in [-0.2, 0) is 4.74 Å². The molecule has 0 unspecified atom stereocenters. The molecule has 0 bridgehead atoms. The lowest BCUT2D eigenvalue weighted by Crippen LogP contribution is -2.22. The molecule has 112 valence electrons. The Morgan fingerprint density at radius 1 is 1.33 bits per heavy atom. The first kappa shape index (κ1) is 14.7. The van der Waals surface area contributed by atoms with E-state index in [0.717, 1.165) is 30.8 Å². The number of hydrogen-bond donors (Lipinski definition) is 1. The molecule has 2 aromatic rings. The number of nitrogens with zero attached hydrogens (tertiary/aromatic N) is 3. The maximum Gasteiger partial charge on any atom is 0.210 e. The van der Waals surface area contributed by atoms with E-state index in [9.17, 15) is 0 Å². The summed E-state index contributed by atoms with van der Waals surface area (Å²) in [6.45, 7) is 0.853. The van der Waals surface area contributed by atoms with E-state index in [1.54, 1.807) is 11.8 Å². The van der Waals surface area contributed by atoms with E-state index < -0.39 is 0 Å². The van der Waals surface area contributed by atoms with Crippen molar-refractivity contribution in [2.24, 2.45) is 0 Å². The third-order valence-corrected chi connectivity index (χ3v) is 4.86. The molecule has 2 heterocycles. The Labute approximate surface area is 132 Å². The minimum Gasteiger partial charge on any atom is -0.377 e. The third-order valence-electron chi connectivity index (χ3n) is 3.45. The van der Waals surface area contributed by atoms with Gasteiger partial charge in [-0.05, 0) is 31.4 Å². The predicted octanol–water partition coefficient (Wildman–Crippen LogP) is 2.97. The van der Waals surface area contributed by atoms with Gasteiger partial charge in [-0.25, -0.2) is 4.68 Å². The van der Waals surface area contributed by atoms with E-state index in [2.05, 4.69) is 10.2 Å². The highest BCUT2D eigenvalue weighted by atomic mass is 35.5. The van der Waals surface area contributed by atoms with Crippen molar-refractivity contribution in [3.63, 3.8) is 0 Å². The summed E-state index contributed by atoms with van der Waals surface area (Å²) < 4.78 is 7.20. The highest BCUT2D eigenvalue weighted by Gasteiger charge is 2.18. The molecule has 21 heavy (non-hydrogen) atoms. The molecule has 1 atom stereocenters. The molecule has 1 fully saturated rings. The smallest absolute Gasteiger partial charge is 0.210 e. The normalized spacial score (nSPS) is 18.8. The molecule has 0 radical (unpaired) electrons. The van der Waals surface area contributed by atoms with Crippen molar-refractivity contribution in [2.75, 3.05) is 18.2 Å². The van der Waals surface area contributed by atoms with Gasteiger partial charge in [-0.3, -0.25) is 0 Å². The predicted molar refractivity (Wildman–Crippen MR) is 84.9 cm³/mol. The van der Waals surface area contributed by atoms with Gasteiger partial charge in [0.1, 0.15) is 0 Å². The molecule has 1 aliphatic heterocycles. The van der Waals surface area contributed by atoms with Crippen LogP contribution in [-0.4, -0.2) is 33.3 Å². The summed E-state index contributed by atoms with van der Waals surface area (Å²) in [7, 11) is 0. The van der Waals surface area contributed by atoms with Gasteiger partial charge in [0, 0.05) is 17.9 Å². The van der Waals surface area contributed by atoms with Crippen molar-refractivity contribution in [3.8, 4) is 11.4 Å². The Kier molecular flexibility index (Phi) is 4.67. The molecular weight excluding hydrogens is 308 g/mol. The van der Waals surface area contributed by atoms with Crippen LogP contribution in [0.5, 0.6) is 0 Å². The van der Waals surface area contributed by atoms with Crippen molar-refractivity contribution in [1.82, 2.24) is 14.9 Å². The van der Waals surface area contributed by atoms with Gasteiger partial charge in [0.2, 0.25) is 5.16 Å². The number of nitrogens with two attached hydrogens (primary N) is 1. The SMILES string of the molecule is Nn1c(SC[C@H]2CCCCO2)nnc1-c1ccccc1Cl. The first-order valence-electron chi connectivity index (χ1n) is 6.95. The Hall–Kier alpha value is -1.24. The lowest BCUT2D eigenvalue weighted by Gasteiger charge is -2.21. The van der Waals surface area contributed by atoms with Gasteiger partial charge in [-0.2, -0.15) is 0 Å². The number of aromatic nitrogens is 3. The standard InChI is InChI=1S/C14H17ClN4OS/c15-12-7-2-1-6-11(12)13-17-18-14(19(13)16)21-9-10-5-3-4-8-20-10/h1-2,6-7,10H,3-5,8-9,16H2/t10-/m1/s1. The molecule has 1 saturated heterocycles. The summed E-state index contributed by atoms with van der Waals surface area (Å²) in [4.78, 5) is 0. The van der Waals surface area contributed by atoms with Crippen molar-refractivity contribution < 1.29 is 4.74 Å². The number of hydrogen-bond acceptors (Lipinski definition) is 5. The van der Waals surface area contributed by atoms with Crippen LogP contribution in [0.3, 0.4) is 0 Å².